The third kappa shape index (κ3) is 3.27. The smallest absolute Gasteiger partial charge is 0.130 e. The molecule has 104 valence electrons. The van der Waals surface area contributed by atoms with Crippen molar-refractivity contribution in [1.29, 1.82) is 0 Å². The second-order valence-electron chi connectivity index (χ2n) is 5.74. The van der Waals surface area contributed by atoms with Gasteiger partial charge in [0.2, 0.25) is 0 Å². The molecule has 0 aliphatic carbocycles. The Hall–Kier alpha value is -0.540. The maximum Gasteiger partial charge on any atom is 0.130 e. The van der Waals surface area contributed by atoms with Crippen LogP contribution in [0.1, 0.15) is 39.0 Å². The van der Waals surface area contributed by atoms with Gasteiger partial charge >= 0.3 is 0 Å². The van der Waals surface area contributed by atoms with E-state index in [1.165, 1.54) is 5.56 Å². The van der Waals surface area contributed by atoms with E-state index in [-0.39, 0.29) is 5.41 Å². The first kappa shape index (κ1) is 15.5. The van der Waals surface area contributed by atoms with Gasteiger partial charge in [-0.3, -0.25) is 4.68 Å². The van der Waals surface area contributed by atoms with Crippen LogP contribution in [0.15, 0.2) is 0 Å². The van der Waals surface area contributed by atoms with Gasteiger partial charge in [-0.1, -0.05) is 39.3 Å². The summed E-state index contributed by atoms with van der Waals surface area (Å²) in [6.07, 6.45) is 0.968. The van der Waals surface area contributed by atoms with Crippen molar-refractivity contribution >= 4 is 11.6 Å². The molecule has 0 radical (unpaired) electrons. The lowest BCUT2D eigenvalue weighted by atomic mass is 9.74. The van der Waals surface area contributed by atoms with Crippen molar-refractivity contribution in [2.24, 2.45) is 18.4 Å². The van der Waals surface area contributed by atoms with Crippen LogP contribution in [-0.2, 0) is 13.5 Å². The molecule has 0 aromatic carbocycles. The van der Waals surface area contributed by atoms with Crippen LogP contribution in [-0.4, -0.2) is 22.9 Å². The second-order valence-corrected chi connectivity index (χ2v) is 6.10. The van der Waals surface area contributed by atoms with Crippen LogP contribution in [0.3, 0.4) is 0 Å². The van der Waals surface area contributed by atoms with E-state index < -0.39 is 0 Å². The van der Waals surface area contributed by atoms with Crippen molar-refractivity contribution in [3.63, 3.8) is 0 Å². The quantitative estimate of drug-likeness (QED) is 0.861. The van der Waals surface area contributed by atoms with Gasteiger partial charge in [0, 0.05) is 19.2 Å². The highest BCUT2D eigenvalue weighted by Crippen LogP contribution is 2.34. The van der Waals surface area contributed by atoms with Gasteiger partial charge in [-0.05, 0) is 31.2 Å². The van der Waals surface area contributed by atoms with Crippen molar-refractivity contribution < 1.29 is 0 Å². The fourth-order valence-corrected chi connectivity index (χ4v) is 2.40. The third-order valence-electron chi connectivity index (χ3n) is 4.02. The van der Waals surface area contributed by atoms with Crippen molar-refractivity contribution in [2.45, 2.75) is 41.0 Å². The van der Waals surface area contributed by atoms with Crippen LogP contribution in [0.4, 0.5) is 0 Å². The highest BCUT2D eigenvalue weighted by Gasteiger charge is 2.30. The average molecular weight is 272 g/mol. The summed E-state index contributed by atoms with van der Waals surface area (Å²) in [6.45, 7) is 13.1. The Kier molecular flexibility index (Phi) is 5.23. The summed E-state index contributed by atoms with van der Waals surface area (Å²) < 4.78 is 1.76. The van der Waals surface area contributed by atoms with Gasteiger partial charge in [0.1, 0.15) is 5.15 Å². The molecule has 1 rings (SSSR count). The predicted octanol–water partition coefficient (Wildman–Crippen LogP) is 3.20. The van der Waals surface area contributed by atoms with Crippen LogP contribution in [0, 0.1) is 18.3 Å². The monoisotopic (exact) mass is 271 g/mol. The van der Waals surface area contributed by atoms with Crippen LogP contribution in [0.5, 0.6) is 0 Å². The van der Waals surface area contributed by atoms with Gasteiger partial charge < -0.3 is 5.32 Å². The number of aromatic nitrogens is 2. The lowest BCUT2D eigenvalue weighted by Gasteiger charge is -2.34. The first-order valence-electron chi connectivity index (χ1n) is 6.70. The molecule has 0 aliphatic heterocycles. The molecule has 1 N–H and O–H groups in total. The molecular formula is C14H26ClN3. The molecule has 0 aliphatic rings. The summed E-state index contributed by atoms with van der Waals surface area (Å²) in [6, 6.07) is 0. The van der Waals surface area contributed by atoms with Crippen molar-refractivity contribution in [3.8, 4) is 0 Å². The molecule has 3 nitrogen and oxygen atoms in total. The molecule has 0 saturated heterocycles. The zero-order chi connectivity index (χ0) is 13.9. The van der Waals surface area contributed by atoms with Crippen molar-refractivity contribution in [3.05, 3.63) is 16.4 Å². The van der Waals surface area contributed by atoms with Gasteiger partial charge in [-0.2, -0.15) is 5.10 Å². The first-order valence-corrected chi connectivity index (χ1v) is 7.08. The van der Waals surface area contributed by atoms with Gasteiger partial charge in [0.05, 0.1) is 5.69 Å². The van der Waals surface area contributed by atoms with E-state index in [9.17, 15) is 0 Å². The van der Waals surface area contributed by atoms with Crippen LogP contribution in [0.2, 0.25) is 5.15 Å². The summed E-state index contributed by atoms with van der Waals surface area (Å²) >= 11 is 6.34. The molecule has 0 amide bonds. The molecule has 1 aromatic heterocycles. The minimum Gasteiger partial charge on any atom is -0.316 e. The zero-order valence-corrected chi connectivity index (χ0v) is 13.2. The maximum absolute atomic E-state index is 6.34. The lowest BCUT2D eigenvalue weighted by Crippen LogP contribution is -2.38. The highest BCUT2D eigenvalue weighted by molar-refractivity contribution is 6.30. The van der Waals surface area contributed by atoms with E-state index in [4.69, 9.17) is 11.6 Å². The number of nitrogens with one attached hydrogen (secondary N) is 1. The predicted molar refractivity (Wildman–Crippen MR) is 78.1 cm³/mol. The minimum absolute atomic E-state index is 0.202. The van der Waals surface area contributed by atoms with E-state index in [1.807, 2.05) is 14.0 Å². The average Bonchev–Trinajstić information content (AvgIpc) is 2.53. The Bertz CT molecular complexity index is 398. The van der Waals surface area contributed by atoms with Crippen molar-refractivity contribution in [2.75, 3.05) is 13.1 Å². The number of nitrogens with zero attached hydrogens (tertiary/aromatic N) is 2. The molecule has 1 aromatic rings. The molecular weight excluding hydrogens is 246 g/mol. The minimum atomic E-state index is 0.202. The Morgan fingerprint density at radius 3 is 2.44 bits per heavy atom. The largest absolute Gasteiger partial charge is 0.316 e. The molecule has 0 saturated carbocycles. The third-order valence-corrected chi connectivity index (χ3v) is 4.50. The van der Waals surface area contributed by atoms with E-state index in [0.29, 0.717) is 5.92 Å². The van der Waals surface area contributed by atoms with E-state index in [1.54, 1.807) is 4.68 Å². The Labute approximate surface area is 116 Å². The molecule has 1 heterocycles. The number of halogens is 1. The van der Waals surface area contributed by atoms with E-state index in [0.717, 1.165) is 30.4 Å². The standard InChI is InChI=1S/C14H26ClN3/c1-7-16-9-14(5,10(2)3)8-12-11(4)17-18(6)13(12)15/h10,16H,7-9H2,1-6H3. The number of rotatable bonds is 6. The number of hydrogen-bond donors (Lipinski definition) is 1. The number of aryl methyl sites for hydroxylation is 2. The van der Waals surface area contributed by atoms with Crippen LogP contribution < -0.4 is 5.32 Å². The normalized spacial score (nSPS) is 15.1. The van der Waals surface area contributed by atoms with Gasteiger partial charge in [-0.25, -0.2) is 0 Å². The van der Waals surface area contributed by atoms with E-state index >= 15 is 0 Å². The second kappa shape index (κ2) is 6.07. The maximum atomic E-state index is 6.34. The summed E-state index contributed by atoms with van der Waals surface area (Å²) in [5, 5.41) is 8.64. The SMILES string of the molecule is CCNCC(C)(Cc1c(C)nn(C)c1Cl)C(C)C. The van der Waals surface area contributed by atoms with E-state index in [2.05, 4.69) is 38.1 Å². The van der Waals surface area contributed by atoms with Crippen molar-refractivity contribution in [1.82, 2.24) is 15.1 Å². The highest BCUT2D eigenvalue weighted by atomic mass is 35.5. The molecule has 4 heteroatoms. The Morgan fingerprint density at radius 1 is 1.44 bits per heavy atom. The lowest BCUT2D eigenvalue weighted by molar-refractivity contribution is 0.208. The molecule has 0 fully saturated rings. The first-order chi connectivity index (χ1) is 8.31. The van der Waals surface area contributed by atoms with Gasteiger partial charge in [-0.15, -0.1) is 0 Å². The Morgan fingerprint density at radius 2 is 2.06 bits per heavy atom. The molecule has 18 heavy (non-hydrogen) atoms. The summed E-state index contributed by atoms with van der Waals surface area (Å²) in [7, 11) is 1.90. The molecule has 1 unspecified atom stereocenters. The summed E-state index contributed by atoms with van der Waals surface area (Å²) in [5.41, 5.74) is 2.44. The summed E-state index contributed by atoms with van der Waals surface area (Å²) in [5.74, 6) is 0.590. The Balaban J connectivity index is 2.96. The molecule has 0 bridgehead atoms. The van der Waals surface area contributed by atoms with Gasteiger partial charge in [0.15, 0.2) is 0 Å². The molecule has 1 atom stereocenters. The van der Waals surface area contributed by atoms with Gasteiger partial charge in [0.25, 0.3) is 0 Å². The van der Waals surface area contributed by atoms with Crippen LogP contribution >= 0.6 is 11.6 Å². The summed E-state index contributed by atoms with van der Waals surface area (Å²) in [4.78, 5) is 0. The topological polar surface area (TPSA) is 29.9 Å². The number of hydrogen-bond acceptors (Lipinski definition) is 2. The van der Waals surface area contributed by atoms with Crippen LogP contribution in [0.25, 0.3) is 0 Å². The zero-order valence-electron chi connectivity index (χ0n) is 12.5. The fraction of sp³-hybridized carbons (Fsp3) is 0.786. The molecule has 0 spiro atoms. The fourth-order valence-electron chi connectivity index (χ4n) is 2.16.